The zero-order chi connectivity index (χ0) is 15.6. The molecule has 1 saturated carbocycles. The molecular weight excluding hydrogens is 340 g/mol. The summed E-state index contributed by atoms with van der Waals surface area (Å²) in [5, 5.41) is 24.6. The maximum atomic E-state index is 11.1. The second-order valence-electron chi connectivity index (χ2n) is 5.77. The van der Waals surface area contributed by atoms with Crippen molar-refractivity contribution in [2.75, 3.05) is 13.2 Å². The molecule has 0 aromatic heterocycles. The molecule has 2 rings (SSSR count). The number of rotatable bonds is 7. The predicted octanol–water partition coefficient (Wildman–Crippen LogP) is 2.55. The van der Waals surface area contributed by atoms with Crippen LogP contribution in [0, 0.1) is 17.0 Å². The minimum Gasteiger partial charge on any atom is -0.484 e. The molecule has 1 fully saturated rings. The van der Waals surface area contributed by atoms with Crippen LogP contribution in [0.2, 0.25) is 0 Å². The van der Waals surface area contributed by atoms with Crippen LogP contribution < -0.4 is 10.1 Å². The van der Waals surface area contributed by atoms with E-state index in [1.165, 1.54) is 6.07 Å². The summed E-state index contributed by atoms with van der Waals surface area (Å²) in [6.07, 6.45) is 2.27. The lowest BCUT2D eigenvalue weighted by Crippen LogP contribution is -2.43. The molecule has 0 spiro atoms. The van der Waals surface area contributed by atoms with Gasteiger partial charge in [0.05, 0.1) is 4.92 Å². The number of nitrogens with zero attached hydrogens (tertiary/aromatic N) is 1. The van der Waals surface area contributed by atoms with Crippen LogP contribution in [0.3, 0.4) is 0 Å². The monoisotopic (exact) mass is 358 g/mol. The summed E-state index contributed by atoms with van der Waals surface area (Å²) < 4.78 is 6.18. The average molecular weight is 359 g/mol. The highest BCUT2D eigenvalue weighted by molar-refractivity contribution is 9.10. The number of aryl methyl sites for hydroxylation is 1. The highest BCUT2D eigenvalue weighted by atomic mass is 79.9. The summed E-state index contributed by atoms with van der Waals surface area (Å²) >= 11 is 3.23. The van der Waals surface area contributed by atoms with Crippen molar-refractivity contribution >= 4 is 21.6 Å². The van der Waals surface area contributed by atoms with E-state index in [1.54, 1.807) is 19.9 Å². The number of nitrogens with one attached hydrogen (secondary N) is 1. The molecule has 1 unspecified atom stereocenters. The molecule has 0 bridgehead atoms. The number of nitro groups is 1. The summed E-state index contributed by atoms with van der Waals surface area (Å²) in [7, 11) is 0. The van der Waals surface area contributed by atoms with Crippen LogP contribution in [0.4, 0.5) is 5.69 Å². The lowest BCUT2D eigenvalue weighted by atomic mass is 10.1. The van der Waals surface area contributed by atoms with Crippen LogP contribution in [0.5, 0.6) is 5.75 Å². The fourth-order valence-electron chi connectivity index (χ4n) is 1.97. The highest BCUT2D eigenvalue weighted by Crippen LogP contribution is 2.34. The normalized spacial score (nSPS) is 17.3. The first-order valence-electron chi connectivity index (χ1n) is 6.81. The minimum atomic E-state index is -1.07. The minimum absolute atomic E-state index is 0.00394. The molecule has 1 aromatic rings. The molecule has 21 heavy (non-hydrogen) atoms. The quantitative estimate of drug-likeness (QED) is 0.577. The van der Waals surface area contributed by atoms with Gasteiger partial charge in [0.25, 0.3) is 0 Å². The summed E-state index contributed by atoms with van der Waals surface area (Å²) in [6, 6.07) is 3.64. The van der Waals surface area contributed by atoms with E-state index in [-0.39, 0.29) is 18.0 Å². The Balaban J connectivity index is 2.05. The van der Waals surface area contributed by atoms with Gasteiger partial charge in [-0.1, -0.05) is 15.9 Å². The van der Waals surface area contributed by atoms with E-state index in [0.717, 1.165) is 12.8 Å². The number of nitro benzene ring substituents is 1. The summed E-state index contributed by atoms with van der Waals surface area (Å²) in [5.41, 5.74) is -0.523. The van der Waals surface area contributed by atoms with Gasteiger partial charge >= 0.3 is 5.69 Å². The molecule has 6 nitrogen and oxygen atoms in total. The molecule has 1 aliphatic rings. The SMILES string of the molecule is Cc1cc(Br)cc([N+](=O)[O-])c1OCC(C)(O)CNC1CC1. The molecule has 116 valence electrons. The number of aliphatic hydroxyl groups is 1. The molecular formula is C14H19BrN2O4. The summed E-state index contributed by atoms with van der Waals surface area (Å²) in [5.74, 6) is 0.204. The van der Waals surface area contributed by atoms with Crippen LogP contribution in [0.15, 0.2) is 16.6 Å². The lowest BCUT2D eigenvalue weighted by Gasteiger charge is -2.24. The molecule has 7 heteroatoms. The fraction of sp³-hybridized carbons (Fsp3) is 0.571. The van der Waals surface area contributed by atoms with Crippen LogP contribution in [0.1, 0.15) is 25.3 Å². The topological polar surface area (TPSA) is 84.6 Å². The Hall–Kier alpha value is -1.18. The number of halogens is 1. The van der Waals surface area contributed by atoms with Gasteiger partial charge in [0.15, 0.2) is 5.75 Å². The van der Waals surface area contributed by atoms with Crippen molar-refractivity contribution in [3.63, 3.8) is 0 Å². The third-order valence-electron chi connectivity index (χ3n) is 3.29. The number of hydrogen-bond acceptors (Lipinski definition) is 5. The van der Waals surface area contributed by atoms with Gasteiger partial charge in [-0.05, 0) is 38.3 Å². The number of benzene rings is 1. The molecule has 1 atom stereocenters. The third kappa shape index (κ3) is 4.66. The predicted molar refractivity (Wildman–Crippen MR) is 82.7 cm³/mol. The third-order valence-corrected chi connectivity index (χ3v) is 3.75. The van der Waals surface area contributed by atoms with Gasteiger partial charge < -0.3 is 15.2 Å². The molecule has 0 heterocycles. The van der Waals surface area contributed by atoms with E-state index < -0.39 is 10.5 Å². The van der Waals surface area contributed by atoms with Gasteiger partial charge in [-0.25, -0.2) is 0 Å². The summed E-state index contributed by atoms with van der Waals surface area (Å²) in [6.45, 7) is 3.80. The van der Waals surface area contributed by atoms with E-state index in [4.69, 9.17) is 4.74 Å². The van der Waals surface area contributed by atoms with Gasteiger partial charge in [0, 0.05) is 23.1 Å². The Kier molecular flexibility index (Phi) is 4.85. The average Bonchev–Trinajstić information content (AvgIpc) is 3.18. The molecule has 0 amide bonds. The largest absolute Gasteiger partial charge is 0.484 e. The summed E-state index contributed by atoms with van der Waals surface area (Å²) in [4.78, 5) is 10.6. The Labute approximate surface area is 131 Å². The first-order valence-corrected chi connectivity index (χ1v) is 7.61. The van der Waals surface area contributed by atoms with Crippen LogP contribution in [0.25, 0.3) is 0 Å². The molecule has 1 aliphatic carbocycles. The van der Waals surface area contributed by atoms with Gasteiger partial charge in [0.1, 0.15) is 12.2 Å². The molecule has 1 aromatic carbocycles. The molecule has 0 saturated heterocycles. The van der Waals surface area contributed by atoms with E-state index in [1.807, 2.05) is 0 Å². The molecule has 0 aliphatic heterocycles. The van der Waals surface area contributed by atoms with E-state index in [0.29, 0.717) is 22.6 Å². The van der Waals surface area contributed by atoms with Gasteiger partial charge in [0.2, 0.25) is 0 Å². The van der Waals surface area contributed by atoms with Gasteiger partial charge in [-0.2, -0.15) is 0 Å². The first kappa shape index (κ1) is 16.2. The number of ether oxygens (including phenoxy) is 1. The maximum Gasteiger partial charge on any atom is 0.312 e. The van der Waals surface area contributed by atoms with E-state index in [2.05, 4.69) is 21.2 Å². The Morgan fingerprint density at radius 1 is 1.57 bits per heavy atom. The first-order chi connectivity index (χ1) is 9.78. The van der Waals surface area contributed by atoms with Gasteiger partial charge in [-0.3, -0.25) is 10.1 Å². The highest BCUT2D eigenvalue weighted by Gasteiger charge is 2.28. The van der Waals surface area contributed by atoms with Crippen LogP contribution in [-0.4, -0.2) is 34.8 Å². The van der Waals surface area contributed by atoms with Crippen molar-refractivity contribution in [3.8, 4) is 5.75 Å². The van der Waals surface area contributed by atoms with E-state index >= 15 is 0 Å². The van der Waals surface area contributed by atoms with Crippen molar-refractivity contribution < 1.29 is 14.8 Å². The lowest BCUT2D eigenvalue weighted by molar-refractivity contribution is -0.386. The Morgan fingerprint density at radius 2 is 2.24 bits per heavy atom. The maximum absolute atomic E-state index is 11.1. The molecule has 0 radical (unpaired) electrons. The van der Waals surface area contributed by atoms with Gasteiger partial charge in [-0.15, -0.1) is 0 Å². The fourth-order valence-corrected chi connectivity index (χ4v) is 2.53. The second-order valence-corrected chi connectivity index (χ2v) is 6.68. The van der Waals surface area contributed by atoms with Crippen molar-refractivity contribution in [1.82, 2.24) is 5.32 Å². The van der Waals surface area contributed by atoms with Crippen molar-refractivity contribution in [2.45, 2.75) is 38.3 Å². The van der Waals surface area contributed by atoms with E-state index in [9.17, 15) is 15.2 Å². The Bertz CT molecular complexity index is 544. The van der Waals surface area contributed by atoms with Crippen LogP contribution in [-0.2, 0) is 0 Å². The Morgan fingerprint density at radius 3 is 2.81 bits per heavy atom. The van der Waals surface area contributed by atoms with Crippen molar-refractivity contribution in [1.29, 1.82) is 0 Å². The van der Waals surface area contributed by atoms with Crippen LogP contribution >= 0.6 is 15.9 Å². The molecule has 2 N–H and O–H groups in total. The zero-order valence-electron chi connectivity index (χ0n) is 12.1. The number of hydrogen-bond donors (Lipinski definition) is 2. The van der Waals surface area contributed by atoms with Crippen molar-refractivity contribution in [2.24, 2.45) is 0 Å². The second kappa shape index (κ2) is 6.29. The smallest absolute Gasteiger partial charge is 0.312 e. The standard InChI is InChI=1S/C14H19BrN2O4/c1-9-5-10(15)6-12(17(19)20)13(9)21-8-14(2,18)7-16-11-3-4-11/h5-6,11,16,18H,3-4,7-8H2,1-2H3. The zero-order valence-corrected chi connectivity index (χ0v) is 13.6. The van der Waals surface area contributed by atoms with Crippen molar-refractivity contribution in [3.05, 3.63) is 32.3 Å².